The van der Waals surface area contributed by atoms with Crippen LogP contribution >= 0.6 is 12.8 Å². The van der Waals surface area contributed by atoms with Gasteiger partial charge in [0.05, 0.1) is 17.4 Å². The number of primary amides is 1. The van der Waals surface area contributed by atoms with E-state index in [2.05, 4.69) is 37.3 Å². The van der Waals surface area contributed by atoms with Crippen molar-refractivity contribution in [3.8, 4) is 0 Å². The highest BCUT2D eigenvalue weighted by atomic mass is 32.1. The number of benzene rings is 2. The van der Waals surface area contributed by atoms with Gasteiger partial charge in [0, 0.05) is 26.7 Å². The van der Waals surface area contributed by atoms with Crippen molar-refractivity contribution in [3.05, 3.63) is 64.7 Å². The number of nitrogens with one attached hydrogen (secondary N) is 2. The standard InChI is InChI=1S/C25H34N4O3S/c1-25(2)15-19(32-3)14-18-10-11-20(23(26)30)22(21(18)25)27-12-7-13-29(33)24(31)28-16-17-8-5-4-6-9-17/h4-6,8-11,19,27,33H,7,12-16H2,1-3H3,(H2,26,30)(H,28,31). The van der Waals surface area contributed by atoms with Gasteiger partial charge in [0.25, 0.3) is 5.91 Å². The first-order valence-electron chi connectivity index (χ1n) is 11.2. The monoisotopic (exact) mass is 470 g/mol. The number of nitrogens with zero attached hydrogens (tertiary/aromatic N) is 1. The van der Waals surface area contributed by atoms with Crippen molar-refractivity contribution in [1.82, 2.24) is 9.62 Å². The second-order valence-corrected chi connectivity index (χ2v) is 9.57. The molecule has 0 saturated carbocycles. The van der Waals surface area contributed by atoms with Crippen LogP contribution in [0, 0.1) is 0 Å². The van der Waals surface area contributed by atoms with E-state index in [4.69, 9.17) is 10.5 Å². The van der Waals surface area contributed by atoms with E-state index < -0.39 is 5.91 Å². The molecule has 1 aliphatic rings. The predicted molar refractivity (Wildman–Crippen MR) is 135 cm³/mol. The molecule has 4 N–H and O–H groups in total. The van der Waals surface area contributed by atoms with Crippen LogP contribution in [-0.2, 0) is 23.1 Å². The fraction of sp³-hybridized carbons (Fsp3) is 0.440. The first-order valence-corrected chi connectivity index (χ1v) is 11.6. The molecule has 2 aromatic rings. The maximum absolute atomic E-state index is 12.3. The third kappa shape index (κ3) is 6.21. The first-order chi connectivity index (χ1) is 15.7. The fourth-order valence-corrected chi connectivity index (χ4v) is 4.75. The predicted octanol–water partition coefficient (Wildman–Crippen LogP) is 3.88. The third-order valence-corrected chi connectivity index (χ3v) is 6.50. The van der Waals surface area contributed by atoms with Crippen molar-refractivity contribution in [2.75, 3.05) is 25.5 Å². The Balaban J connectivity index is 1.61. The van der Waals surface area contributed by atoms with Crippen LogP contribution < -0.4 is 16.4 Å². The maximum Gasteiger partial charge on any atom is 0.327 e. The SMILES string of the molecule is COC1Cc2ccc(C(N)=O)c(NCCCN(S)C(=O)NCc3ccccc3)c2C(C)(C)C1. The smallest absolute Gasteiger partial charge is 0.327 e. The molecular formula is C25H34N4O3S. The number of hydrogen-bond donors (Lipinski definition) is 4. The molecule has 0 spiro atoms. The van der Waals surface area contributed by atoms with Crippen molar-refractivity contribution in [3.63, 3.8) is 0 Å². The molecule has 0 aromatic heterocycles. The topological polar surface area (TPSA) is 96.7 Å². The van der Waals surface area contributed by atoms with Gasteiger partial charge in [0.2, 0.25) is 0 Å². The number of amides is 3. The molecule has 0 bridgehead atoms. The van der Waals surface area contributed by atoms with Crippen LogP contribution in [0.3, 0.4) is 0 Å². The minimum Gasteiger partial charge on any atom is -0.384 e. The van der Waals surface area contributed by atoms with Gasteiger partial charge in [-0.1, -0.05) is 63.1 Å². The molecule has 0 radical (unpaired) electrons. The van der Waals surface area contributed by atoms with E-state index in [1.165, 1.54) is 9.87 Å². The van der Waals surface area contributed by atoms with Crippen LogP contribution in [0.1, 0.15) is 53.7 Å². The zero-order chi connectivity index (χ0) is 24.0. The van der Waals surface area contributed by atoms with E-state index in [0.717, 1.165) is 29.7 Å². The molecule has 33 heavy (non-hydrogen) atoms. The van der Waals surface area contributed by atoms with Crippen LogP contribution in [0.5, 0.6) is 0 Å². The summed E-state index contributed by atoms with van der Waals surface area (Å²) in [6, 6.07) is 13.3. The van der Waals surface area contributed by atoms with Crippen LogP contribution in [-0.4, -0.2) is 42.5 Å². The summed E-state index contributed by atoms with van der Waals surface area (Å²) in [5.74, 6) is -0.457. The van der Waals surface area contributed by atoms with Crippen molar-refractivity contribution in [1.29, 1.82) is 0 Å². The van der Waals surface area contributed by atoms with Crippen LogP contribution in [0.4, 0.5) is 10.5 Å². The molecule has 8 heteroatoms. The number of urea groups is 1. The number of anilines is 1. The Bertz CT molecular complexity index is 981. The van der Waals surface area contributed by atoms with E-state index >= 15 is 0 Å². The molecule has 1 atom stereocenters. The summed E-state index contributed by atoms with van der Waals surface area (Å²) in [4.78, 5) is 24.4. The van der Waals surface area contributed by atoms with Crippen molar-refractivity contribution in [2.45, 2.75) is 51.2 Å². The summed E-state index contributed by atoms with van der Waals surface area (Å²) in [5.41, 5.74) is 10.1. The van der Waals surface area contributed by atoms with Gasteiger partial charge in [-0.15, -0.1) is 0 Å². The van der Waals surface area contributed by atoms with E-state index in [-0.39, 0.29) is 17.6 Å². The number of thiol groups is 1. The lowest BCUT2D eigenvalue weighted by Crippen LogP contribution is -2.36. The Labute approximate surface area is 201 Å². The summed E-state index contributed by atoms with van der Waals surface area (Å²) >= 11 is 4.32. The molecule has 178 valence electrons. The Morgan fingerprint density at radius 2 is 1.94 bits per heavy atom. The van der Waals surface area contributed by atoms with E-state index in [0.29, 0.717) is 31.6 Å². The third-order valence-electron chi connectivity index (χ3n) is 6.12. The lowest BCUT2D eigenvalue weighted by atomic mass is 9.70. The Morgan fingerprint density at radius 3 is 2.61 bits per heavy atom. The van der Waals surface area contributed by atoms with Gasteiger partial charge >= 0.3 is 6.03 Å². The van der Waals surface area contributed by atoms with Gasteiger partial charge in [-0.3, -0.25) is 9.10 Å². The fourth-order valence-electron chi connectivity index (χ4n) is 4.54. The number of ether oxygens (including phenoxy) is 1. The van der Waals surface area contributed by atoms with Gasteiger partial charge in [-0.25, -0.2) is 4.79 Å². The summed E-state index contributed by atoms with van der Waals surface area (Å²) in [6.07, 6.45) is 2.46. The number of carbonyl (C=O) groups excluding carboxylic acids is 2. The van der Waals surface area contributed by atoms with Crippen LogP contribution in [0.25, 0.3) is 0 Å². The average Bonchev–Trinajstić information content (AvgIpc) is 2.79. The second kappa shape index (κ2) is 10.9. The average molecular weight is 471 g/mol. The number of methoxy groups -OCH3 is 1. The summed E-state index contributed by atoms with van der Waals surface area (Å²) in [7, 11) is 1.74. The summed E-state index contributed by atoms with van der Waals surface area (Å²) in [6.45, 7) is 5.81. The highest BCUT2D eigenvalue weighted by Gasteiger charge is 2.36. The number of carbonyl (C=O) groups is 2. The largest absolute Gasteiger partial charge is 0.384 e. The lowest BCUT2D eigenvalue weighted by molar-refractivity contribution is 0.0704. The normalized spacial score (nSPS) is 16.5. The van der Waals surface area contributed by atoms with Crippen molar-refractivity contribution >= 4 is 30.4 Å². The number of rotatable bonds is 9. The molecule has 0 aliphatic heterocycles. The molecule has 1 unspecified atom stereocenters. The zero-order valence-electron chi connectivity index (χ0n) is 19.6. The second-order valence-electron chi connectivity index (χ2n) is 9.08. The highest BCUT2D eigenvalue weighted by Crippen LogP contribution is 2.43. The molecule has 1 aliphatic carbocycles. The Hall–Kier alpha value is -2.71. The van der Waals surface area contributed by atoms with Crippen molar-refractivity contribution in [2.24, 2.45) is 5.73 Å². The van der Waals surface area contributed by atoms with Gasteiger partial charge in [-0.05, 0) is 47.4 Å². The molecule has 3 rings (SSSR count). The molecule has 0 saturated heterocycles. The van der Waals surface area contributed by atoms with E-state index in [9.17, 15) is 9.59 Å². The Morgan fingerprint density at radius 1 is 1.21 bits per heavy atom. The van der Waals surface area contributed by atoms with Crippen molar-refractivity contribution < 1.29 is 14.3 Å². The molecular weight excluding hydrogens is 436 g/mol. The molecule has 0 heterocycles. The molecule has 0 fully saturated rings. The first kappa shape index (κ1) is 24.9. The summed E-state index contributed by atoms with van der Waals surface area (Å²) in [5, 5.41) is 6.29. The maximum atomic E-state index is 12.3. The quantitative estimate of drug-likeness (QED) is 0.330. The van der Waals surface area contributed by atoms with E-state index in [1.807, 2.05) is 36.4 Å². The van der Waals surface area contributed by atoms with E-state index in [1.54, 1.807) is 13.2 Å². The highest BCUT2D eigenvalue weighted by molar-refractivity contribution is 7.78. The molecule has 2 aromatic carbocycles. The van der Waals surface area contributed by atoms with Crippen LogP contribution in [0.15, 0.2) is 42.5 Å². The molecule has 3 amide bonds. The summed E-state index contributed by atoms with van der Waals surface area (Å²) < 4.78 is 7.00. The zero-order valence-corrected chi connectivity index (χ0v) is 20.5. The Kier molecular flexibility index (Phi) is 8.26. The minimum atomic E-state index is -0.457. The number of nitrogens with two attached hydrogens (primary N) is 1. The number of hydrogen-bond acceptors (Lipinski definition) is 5. The van der Waals surface area contributed by atoms with Gasteiger partial charge in [0.15, 0.2) is 0 Å². The van der Waals surface area contributed by atoms with Crippen LogP contribution in [0.2, 0.25) is 0 Å². The van der Waals surface area contributed by atoms with Gasteiger partial charge < -0.3 is 21.1 Å². The van der Waals surface area contributed by atoms with Gasteiger partial charge in [0.1, 0.15) is 0 Å². The number of fused-ring (bicyclic) bond motifs is 1. The molecule has 7 nitrogen and oxygen atoms in total. The van der Waals surface area contributed by atoms with Gasteiger partial charge in [-0.2, -0.15) is 0 Å². The minimum absolute atomic E-state index is 0.145. The lowest BCUT2D eigenvalue weighted by Gasteiger charge is -2.39.